The van der Waals surface area contributed by atoms with Crippen LogP contribution in [0.25, 0.3) is 0 Å². The SMILES string of the molecule is O=C(NC1NC(c2cccnc2)CS1)c1ccc(S(=O)(=O)N2CCc3ccccc3C2)cc1. The molecule has 2 aliphatic heterocycles. The van der Waals surface area contributed by atoms with E-state index in [4.69, 9.17) is 0 Å². The number of carbonyl (C=O) groups excluding carboxylic acids is 1. The van der Waals surface area contributed by atoms with Gasteiger partial charge in [0.1, 0.15) is 5.50 Å². The number of amides is 1. The number of hydrogen-bond acceptors (Lipinski definition) is 6. The summed E-state index contributed by atoms with van der Waals surface area (Å²) in [5.41, 5.74) is 3.51. The molecule has 2 unspecified atom stereocenters. The number of fused-ring (bicyclic) bond motifs is 1. The monoisotopic (exact) mass is 480 g/mol. The van der Waals surface area contributed by atoms with Gasteiger partial charge in [0.25, 0.3) is 5.91 Å². The van der Waals surface area contributed by atoms with E-state index in [0.717, 1.165) is 16.9 Å². The van der Waals surface area contributed by atoms with Gasteiger partial charge < -0.3 is 5.32 Å². The van der Waals surface area contributed by atoms with Crippen LogP contribution in [0.5, 0.6) is 0 Å². The summed E-state index contributed by atoms with van der Waals surface area (Å²) in [6.07, 6.45) is 4.25. The van der Waals surface area contributed by atoms with Gasteiger partial charge in [0.05, 0.1) is 4.90 Å². The van der Waals surface area contributed by atoms with Crippen molar-refractivity contribution in [1.29, 1.82) is 0 Å². The highest BCUT2D eigenvalue weighted by molar-refractivity contribution is 8.00. The fourth-order valence-electron chi connectivity index (χ4n) is 4.13. The van der Waals surface area contributed by atoms with Crippen LogP contribution in [0, 0.1) is 0 Å². The maximum atomic E-state index is 13.1. The van der Waals surface area contributed by atoms with Crippen molar-refractivity contribution in [3.05, 3.63) is 95.3 Å². The summed E-state index contributed by atoms with van der Waals surface area (Å²) >= 11 is 1.62. The molecular formula is C24H24N4O3S2. The smallest absolute Gasteiger partial charge is 0.253 e. The second-order valence-corrected chi connectivity index (χ2v) is 11.2. The lowest BCUT2D eigenvalue weighted by atomic mass is 10.0. The summed E-state index contributed by atoms with van der Waals surface area (Å²) < 4.78 is 27.8. The Balaban J connectivity index is 1.23. The largest absolute Gasteiger partial charge is 0.328 e. The van der Waals surface area contributed by atoms with Crippen LogP contribution in [-0.2, 0) is 23.0 Å². The van der Waals surface area contributed by atoms with Gasteiger partial charge in [-0.2, -0.15) is 4.31 Å². The molecule has 1 saturated heterocycles. The number of rotatable bonds is 5. The fraction of sp³-hybridized carbons (Fsp3) is 0.250. The molecule has 1 fully saturated rings. The van der Waals surface area contributed by atoms with Crippen molar-refractivity contribution in [2.45, 2.75) is 29.4 Å². The molecule has 1 aromatic heterocycles. The lowest BCUT2D eigenvalue weighted by Crippen LogP contribution is -2.40. The summed E-state index contributed by atoms with van der Waals surface area (Å²) in [4.78, 5) is 17.1. The first-order chi connectivity index (χ1) is 16.0. The maximum absolute atomic E-state index is 13.1. The van der Waals surface area contributed by atoms with Crippen LogP contribution in [0.15, 0.2) is 78.0 Å². The Hall–Kier alpha value is -2.72. The minimum atomic E-state index is -3.63. The highest BCUT2D eigenvalue weighted by Crippen LogP contribution is 2.28. The fourth-order valence-corrected chi connectivity index (χ4v) is 6.68. The Morgan fingerprint density at radius 3 is 2.61 bits per heavy atom. The molecule has 7 nitrogen and oxygen atoms in total. The van der Waals surface area contributed by atoms with E-state index in [1.54, 1.807) is 30.1 Å². The Morgan fingerprint density at radius 1 is 1.06 bits per heavy atom. The first-order valence-electron chi connectivity index (χ1n) is 10.8. The zero-order valence-electron chi connectivity index (χ0n) is 17.8. The molecule has 2 N–H and O–H groups in total. The standard InChI is InChI=1S/C24H24N4O3S2/c29-23(27-24-26-22(16-32-24)19-6-3-12-25-14-19)18-7-9-21(10-8-18)33(30,31)28-13-11-17-4-1-2-5-20(17)15-28/h1-10,12,14,22,24,26H,11,13,15-16H2,(H,27,29). The van der Waals surface area contributed by atoms with Crippen molar-refractivity contribution in [3.8, 4) is 0 Å². The van der Waals surface area contributed by atoms with Gasteiger partial charge in [-0.1, -0.05) is 30.3 Å². The average Bonchev–Trinajstić information content (AvgIpc) is 3.33. The number of hydrogen-bond donors (Lipinski definition) is 2. The van der Waals surface area contributed by atoms with E-state index in [-0.39, 0.29) is 22.3 Å². The van der Waals surface area contributed by atoms with Gasteiger partial charge in [-0.3, -0.25) is 15.1 Å². The van der Waals surface area contributed by atoms with Gasteiger partial charge >= 0.3 is 0 Å². The van der Waals surface area contributed by atoms with Crippen LogP contribution < -0.4 is 10.6 Å². The number of sulfonamides is 1. The zero-order valence-corrected chi connectivity index (χ0v) is 19.5. The molecule has 0 saturated carbocycles. The number of thioether (sulfide) groups is 1. The number of pyridine rings is 1. The van der Waals surface area contributed by atoms with E-state index >= 15 is 0 Å². The molecule has 0 radical (unpaired) electrons. The zero-order chi connectivity index (χ0) is 22.8. The van der Waals surface area contributed by atoms with Crippen molar-refractivity contribution < 1.29 is 13.2 Å². The van der Waals surface area contributed by atoms with E-state index < -0.39 is 10.0 Å². The normalized spacial score (nSPS) is 20.8. The lowest BCUT2D eigenvalue weighted by Gasteiger charge is -2.28. The molecule has 2 aromatic carbocycles. The molecule has 9 heteroatoms. The minimum absolute atomic E-state index is 0.121. The van der Waals surface area contributed by atoms with Gasteiger partial charge in [0.2, 0.25) is 10.0 Å². The molecule has 3 heterocycles. The number of aromatic nitrogens is 1. The van der Waals surface area contributed by atoms with Crippen LogP contribution in [0.1, 0.15) is 33.1 Å². The van der Waals surface area contributed by atoms with Crippen LogP contribution in [0.4, 0.5) is 0 Å². The van der Waals surface area contributed by atoms with Gasteiger partial charge in [0, 0.05) is 42.8 Å². The second kappa shape index (κ2) is 9.26. The number of nitrogens with one attached hydrogen (secondary N) is 2. The molecule has 33 heavy (non-hydrogen) atoms. The molecule has 3 aromatic rings. The Morgan fingerprint density at radius 2 is 1.85 bits per heavy atom. The van der Waals surface area contributed by atoms with Gasteiger partial charge in [-0.25, -0.2) is 8.42 Å². The Bertz CT molecular complexity index is 1250. The molecular weight excluding hydrogens is 456 g/mol. The van der Waals surface area contributed by atoms with E-state index in [9.17, 15) is 13.2 Å². The first kappa shape index (κ1) is 22.1. The molecule has 1 amide bonds. The van der Waals surface area contributed by atoms with Crippen LogP contribution in [-0.4, -0.2) is 41.4 Å². The van der Waals surface area contributed by atoms with E-state index in [1.807, 2.05) is 42.6 Å². The number of nitrogens with zero attached hydrogens (tertiary/aromatic N) is 2. The van der Waals surface area contributed by atoms with Crippen molar-refractivity contribution in [3.63, 3.8) is 0 Å². The van der Waals surface area contributed by atoms with Crippen LogP contribution in [0.3, 0.4) is 0 Å². The molecule has 2 atom stereocenters. The predicted molar refractivity (Wildman–Crippen MR) is 128 cm³/mol. The van der Waals surface area contributed by atoms with Gasteiger partial charge in [0.15, 0.2) is 0 Å². The van der Waals surface area contributed by atoms with E-state index in [0.29, 0.717) is 25.1 Å². The molecule has 5 rings (SSSR count). The van der Waals surface area contributed by atoms with Crippen LogP contribution >= 0.6 is 11.8 Å². The first-order valence-corrected chi connectivity index (χ1v) is 13.2. The van der Waals surface area contributed by atoms with Crippen molar-refractivity contribution in [2.75, 3.05) is 12.3 Å². The summed E-state index contributed by atoms with van der Waals surface area (Å²) in [6.45, 7) is 0.813. The molecule has 170 valence electrons. The molecule has 0 aliphatic carbocycles. The van der Waals surface area contributed by atoms with Crippen molar-refractivity contribution >= 4 is 27.7 Å². The van der Waals surface area contributed by atoms with Crippen LogP contribution in [0.2, 0.25) is 0 Å². The third-order valence-electron chi connectivity index (χ3n) is 5.98. The molecule has 0 spiro atoms. The maximum Gasteiger partial charge on any atom is 0.253 e. The van der Waals surface area contributed by atoms with Gasteiger partial charge in [-0.15, -0.1) is 11.8 Å². The average molecular weight is 481 g/mol. The number of benzene rings is 2. The van der Waals surface area contributed by atoms with E-state index in [2.05, 4.69) is 15.6 Å². The van der Waals surface area contributed by atoms with Crippen molar-refractivity contribution in [2.24, 2.45) is 0 Å². The highest BCUT2D eigenvalue weighted by Gasteiger charge is 2.29. The van der Waals surface area contributed by atoms with E-state index in [1.165, 1.54) is 22.0 Å². The molecule has 2 aliphatic rings. The summed E-state index contributed by atoms with van der Waals surface area (Å²) in [6, 6.07) is 18.1. The summed E-state index contributed by atoms with van der Waals surface area (Å²) in [7, 11) is -3.63. The third-order valence-corrected chi connectivity index (χ3v) is 8.95. The number of carbonyl (C=O) groups is 1. The Kier molecular flexibility index (Phi) is 6.20. The Labute approximate surface area is 197 Å². The van der Waals surface area contributed by atoms with Gasteiger partial charge in [-0.05, 0) is 53.4 Å². The molecule has 0 bridgehead atoms. The summed E-state index contributed by atoms with van der Waals surface area (Å²) in [5, 5.41) is 6.34. The third kappa shape index (κ3) is 4.67. The lowest BCUT2D eigenvalue weighted by molar-refractivity contribution is 0.0945. The highest BCUT2D eigenvalue weighted by atomic mass is 32.2. The quantitative estimate of drug-likeness (QED) is 0.584. The second-order valence-electron chi connectivity index (χ2n) is 8.07. The minimum Gasteiger partial charge on any atom is -0.328 e. The predicted octanol–water partition coefficient (Wildman–Crippen LogP) is 2.92. The summed E-state index contributed by atoms with van der Waals surface area (Å²) in [5.74, 6) is 0.579. The van der Waals surface area contributed by atoms with Crippen molar-refractivity contribution in [1.82, 2.24) is 19.9 Å². The topological polar surface area (TPSA) is 91.4 Å².